The minimum absolute atomic E-state index is 0.0794. The average Bonchev–Trinajstić information content (AvgIpc) is 3.07. The number of hydrogen-bond donors (Lipinski definition) is 0. The molecule has 0 atom stereocenters. The molecule has 0 aliphatic carbocycles. The van der Waals surface area contributed by atoms with Gasteiger partial charge in [-0.2, -0.15) is 0 Å². The largest absolute Gasteiger partial charge is 0.495 e. The van der Waals surface area contributed by atoms with Crippen LogP contribution in [0.1, 0.15) is 80.4 Å². The molecule has 0 N–H and O–H groups in total. The third-order valence-electron chi connectivity index (χ3n) is 9.14. The van der Waals surface area contributed by atoms with Crippen LogP contribution in [0.3, 0.4) is 0 Å². The van der Waals surface area contributed by atoms with Gasteiger partial charge in [0.2, 0.25) is 0 Å². The van der Waals surface area contributed by atoms with Gasteiger partial charge in [-0.05, 0) is 111 Å². The van der Waals surface area contributed by atoms with Gasteiger partial charge in [-0.1, -0.05) is 96.1 Å². The molecule has 1 aliphatic heterocycles. The van der Waals surface area contributed by atoms with Gasteiger partial charge in [0.15, 0.2) is 0 Å². The molecular formula is C36H41BO2. The van der Waals surface area contributed by atoms with Crippen molar-refractivity contribution in [2.75, 3.05) is 0 Å². The summed E-state index contributed by atoms with van der Waals surface area (Å²) in [6, 6.07) is 25.4. The van der Waals surface area contributed by atoms with Crippen molar-refractivity contribution in [2.45, 2.75) is 91.3 Å². The molecule has 0 unspecified atom stereocenters. The van der Waals surface area contributed by atoms with E-state index in [1.54, 1.807) is 0 Å². The van der Waals surface area contributed by atoms with Gasteiger partial charge in [0, 0.05) is 0 Å². The van der Waals surface area contributed by atoms with E-state index in [1.807, 2.05) is 0 Å². The van der Waals surface area contributed by atoms with E-state index >= 15 is 0 Å². The molecule has 1 fully saturated rings. The molecule has 2 nitrogen and oxygen atoms in total. The fraction of sp³-hybridized carbons (Fsp3) is 0.389. The highest BCUT2D eigenvalue weighted by Gasteiger charge is 2.52. The van der Waals surface area contributed by atoms with Gasteiger partial charge < -0.3 is 9.31 Å². The second kappa shape index (κ2) is 8.32. The Labute approximate surface area is 234 Å². The van der Waals surface area contributed by atoms with Crippen molar-refractivity contribution in [2.24, 2.45) is 0 Å². The van der Waals surface area contributed by atoms with E-state index in [4.69, 9.17) is 9.31 Å². The summed E-state index contributed by atoms with van der Waals surface area (Å²) in [6.45, 7) is 22.3. The molecule has 39 heavy (non-hydrogen) atoms. The molecule has 0 aromatic heterocycles. The monoisotopic (exact) mass is 516 g/mol. The van der Waals surface area contributed by atoms with Gasteiger partial charge >= 0.3 is 7.12 Å². The van der Waals surface area contributed by atoms with Crippen molar-refractivity contribution >= 4 is 44.9 Å². The molecule has 6 rings (SSSR count). The standard InChI is InChI=1S/C36H41BO2/c1-33(2,3)27-19-26(20-28(21-27)34(4,5)6)25-17-23-12-11-22-14-16-30(37-38-35(7,8)36(9,10)39-37)29-15-13-24(18-25)31(23)32(22)29/h11-21H,1-10H3. The molecule has 3 heteroatoms. The van der Waals surface area contributed by atoms with Crippen LogP contribution in [0.2, 0.25) is 0 Å². The first kappa shape index (κ1) is 26.4. The smallest absolute Gasteiger partial charge is 0.399 e. The summed E-state index contributed by atoms with van der Waals surface area (Å²) in [5.41, 5.74) is 5.83. The normalized spacial score (nSPS) is 17.6. The fourth-order valence-electron chi connectivity index (χ4n) is 5.84. The van der Waals surface area contributed by atoms with E-state index in [0.29, 0.717) is 0 Å². The van der Waals surface area contributed by atoms with Crippen molar-refractivity contribution in [3.63, 3.8) is 0 Å². The second-order valence-corrected chi connectivity index (χ2v) is 14.6. The van der Waals surface area contributed by atoms with Gasteiger partial charge in [-0.3, -0.25) is 0 Å². The molecule has 0 bridgehead atoms. The van der Waals surface area contributed by atoms with E-state index in [9.17, 15) is 0 Å². The lowest BCUT2D eigenvalue weighted by Crippen LogP contribution is -2.41. The molecule has 1 saturated heterocycles. The highest BCUT2D eigenvalue weighted by molar-refractivity contribution is 6.65. The van der Waals surface area contributed by atoms with E-state index < -0.39 is 0 Å². The van der Waals surface area contributed by atoms with Crippen LogP contribution < -0.4 is 5.46 Å². The quantitative estimate of drug-likeness (QED) is 0.172. The molecule has 5 aromatic carbocycles. The maximum atomic E-state index is 6.47. The number of rotatable bonds is 2. The summed E-state index contributed by atoms with van der Waals surface area (Å²) in [6.07, 6.45) is 0. The summed E-state index contributed by atoms with van der Waals surface area (Å²) in [7, 11) is -0.383. The first-order valence-electron chi connectivity index (χ1n) is 14.3. The Bertz CT molecular complexity index is 1660. The van der Waals surface area contributed by atoms with Crippen LogP contribution in [0.15, 0.2) is 66.7 Å². The van der Waals surface area contributed by atoms with Crippen LogP contribution >= 0.6 is 0 Å². The van der Waals surface area contributed by atoms with E-state index in [2.05, 4.69) is 136 Å². The Morgan fingerprint density at radius 1 is 0.538 bits per heavy atom. The summed E-state index contributed by atoms with van der Waals surface area (Å²) >= 11 is 0. The molecule has 200 valence electrons. The Kier molecular flexibility index (Phi) is 5.62. The summed E-state index contributed by atoms with van der Waals surface area (Å²) < 4.78 is 12.9. The molecule has 1 heterocycles. The molecule has 0 saturated carbocycles. The van der Waals surface area contributed by atoms with Crippen molar-refractivity contribution in [1.82, 2.24) is 0 Å². The van der Waals surface area contributed by atoms with Gasteiger partial charge in [0.05, 0.1) is 11.2 Å². The zero-order chi connectivity index (χ0) is 28.1. The van der Waals surface area contributed by atoms with Gasteiger partial charge in [0.1, 0.15) is 0 Å². The van der Waals surface area contributed by atoms with Crippen LogP contribution in [0, 0.1) is 0 Å². The SMILES string of the molecule is CC(C)(C)c1cc(-c2cc3ccc4ccc(B5OC(C)(C)C(C)(C)O5)c5ccc(c2)c3c45)cc(C(C)(C)C)c1. The number of hydrogen-bond acceptors (Lipinski definition) is 2. The highest BCUT2D eigenvalue weighted by Crippen LogP contribution is 2.41. The van der Waals surface area contributed by atoms with Crippen LogP contribution in [0.4, 0.5) is 0 Å². The Balaban J connectivity index is 1.55. The minimum atomic E-state index is -0.383. The maximum Gasteiger partial charge on any atom is 0.495 e. The van der Waals surface area contributed by atoms with Crippen molar-refractivity contribution in [1.29, 1.82) is 0 Å². The van der Waals surface area contributed by atoms with E-state index in [-0.39, 0.29) is 29.2 Å². The van der Waals surface area contributed by atoms with Crippen molar-refractivity contribution in [3.8, 4) is 11.1 Å². The second-order valence-electron chi connectivity index (χ2n) is 14.6. The van der Waals surface area contributed by atoms with Crippen molar-refractivity contribution < 1.29 is 9.31 Å². The van der Waals surface area contributed by atoms with Crippen LogP contribution in [-0.4, -0.2) is 18.3 Å². The maximum absolute atomic E-state index is 6.47. The molecule has 0 spiro atoms. The van der Waals surface area contributed by atoms with E-state index in [0.717, 1.165) is 5.46 Å². The summed E-state index contributed by atoms with van der Waals surface area (Å²) in [4.78, 5) is 0. The Hall–Kier alpha value is -2.88. The number of benzene rings is 5. The first-order chi connectivity index (χ1) is 18.0. The zero-order valence-electron chi connectivity index (χ0n) is 25.2. The zero-order valence-corrected chi connectivity index (χ0v) is 25.2. The fourth-order valence-corrected chi connectivity index (χ4v) is 5.84. The van der Waals surface area contributed by atoms with Crippen molar-refractivity contribution in [3.05, 3.63) is 77.9 Å². The lowest BCUT2D eigenvalue weighted by molar-refractivity contribution is 0.00578. The highest BCUT2D eigenvalue weighted by atomic mass is 16.7. The summed E-state index contributed by atoms with van der Waals surface area (Å²) in [5.74, 6) is 0. The minimum Gasteiger partial charge on any atom is -0.399 e. The van der Waals surface area contributed by atoms with Crippen LogP contribution in [0.5, 0.6) is 0 Å². The third kappa shape index (κ3) is 4.26. The molecule has 0 amide bonds. The summed E-state index contributed by atoms with van der Waals surface area (Å²) in [5, 5.41) is 7.61. The van der Waals surface area contributed by atoms with E-state index in [1.165, 1.54) is 54.6 Å². The van der Waals surface area contributed by atoms with Crippen LogP contribution in [0.25, 0.3) is 43.4 Å². The lowest BCUT2D eigenvalue weighted by Gasteiger charge is -2.32. The molecule has 0 radical (unpaired) electrons. The molecule has 5 aromatic rings. The average molecular weight is 517 g/mol. The first-order valence-corrected chi connectivity index (χ1v) is 14.3. The topological polar surface area (TPSA) is 18.5 Å². The predicted octanol–water partition coefficient (Wildman–Crippen LogP) is 9.15. The van der Waals surface area contributed by atoms with Crippen LogP contribution in [-0.2, 0) is 20.1 Å². The van der Waals surface area contributed by atoms with Gasteiger partial charge in [-0.25, -0.2) is 0 Å². The third-order valence-corrected chi connectivity index (χ3v) is 9.14. The Morgan fingerprint density at radius 2 is 1.00 bits per heavy atom. The predicted molar refractivity (Wildman–Crippen MR) is 169 cm³/mol. The Morgan fingerprint density at radius 3 is 1.54 bits per heavy atom. The molecular weight excluding hydrogens is 475 g/mol. The lowest BCUT2D eigenvalue weighted by atomic mass is 9.74. The molecule has 1 aliphatic rings. The van der Waals surface area contributed by atoms with Gasteiger partial charge in [0.25, 0.3) is 0 Å². The van der Waals surface area contributed by atoms with Gasteiger partial charge in [-0.15, -0.1) is 0 Å².